The van der Waals surface area contributed by atoms with E-state index < -0.39 is 20.2 Å². The largest absolute Gasteiger partial charge is 0.502 e. The first-order valence-corrected chi connectivity index (χ1v) is 7.47. The number of methoxy groups -OCH3 is 1. The molecule has 0 unspecified atom stereocenters. The van der Waals surface area contributed by atoms with E-state index >= 15 is 0 Å². The van der Waals surface area contributed by atoms with Crippen LogP contribution in [0.5, 0.6) is 5.75 Å². The Morgan fingerprint density at radius 1 is 1.15 bits per heavy atom. The quantitative estimate of drug-likeness (QED) is 0.903. The Morgan fingerprint density at radius 2 is 1.70 bits per heavy atom. The van der Waals surface area contributed by atoms with Gasteiger partial charge in [0.15, 0.2) is 0 Å². The normalized spacial score (nSPS) is 16.4. The lowest BCUT2D eigenvalue weighted by atomic mass is 10.0. The average molecular weight is 309 g/mol. The molecule has 1 heterocycles. The second-order valence-corrected chi connectivity index (χ2v) is 6.38. The lowest BCUT2D eigenvalue weighted by molar-refractivity contribution is -0.0437. The highest BCUT2D eigenvalue weighted by Gasteiger charge is 2.48. The number of halogens is 3. The van der Waals surface area contributed by atoms with Gasteiger partial charge in [0.2, 0.25) is 0 Å². The molecule has 0 saturated heterocycles. The van der Waals surface area contributed by atoms with Crippen LogP contribution in [0.15, 0.2) is 17.0 Å². The minimum absolute atomic E-state index is 0.261. The smallest absolute Gasteiger partial charge is 0.495 e. The van der Waals surface area contributed by atoms with Crippen LogP contribution >= 0.6 is 0 Å². The zero-order valence-electron chi connectivity index (χ0n) is 10.8. The second-order valence-electron chi connectivity index (χ2n) is 4.47. The minimum Gasteiger partial charge on any atom is -0.495 e. The molecule has 0 radical (unpaired) electrons. The number of hydrogen-bond acceptors (Lipinski definition) is 4. The standard InChI is InChI=1S/C12H14F3NO3S/c1-19-10-6-8-2-4-16-5-3-9(8)7-11(10)20(17,18)12(13,14)15/h6-7,16H,2-5H2,1H3. The maximum absolute atomic E-state index is 12.7. The molecule has 112 valence electrons. The van der Waals surface area contributed by atoms with Crippen LogP contribution in [0.25, 0.3) is 0 Å². The SMILES string of the molecule is COc1cc2c(cc1S(=O)(=O)C(F)(F)F)CCNCC2. The van der Waals surface area contributed by atoms with Gasteiger partial charge in [0.05, 0.1) is 7.11 Å². The molecule has 2 rings (SSSR count). The van der Waals surface area contributed by atoms with Crippen LogP contribution < -0.4 is 10.1 Å². The number of sulfone groups is 1. The molecule has 0 aliphatic carbocycles. The summed E-state index contributed by atoms with van der Waals surface area (Å²) in [5.74, 6) is -0.261. The highest BCUT2D eigenvalue weighted by Crippen LogP contribution is 2.37. The molecular weight excluding hydrogens is 295 g/mol. The van der Waals surface area contributed by atoms with Crippen molar-refractivity contribution in [2.45, 2.75) is 23.2 Å². The molecule has 0 atom stereocenters. The average Bonchev–Trinajstić information content (AvgIpc) is 2.60. The van der Waals surface area contributed by atoms with Crippen molar-refractivity contribution < 1.29 is 26.3 Å². The molecule has 1 aromatic carbocycles. The van der Waals surface area contributed by atoms with Crippen LogP contribution in [-0.2, 0) is 22.7 Å². The fourth-order valence-corrected chi connectivity index (χ4v) is 3.13. The van der Waals surface area contributed by atoms with E-state index in [1.54, 1.807) is 0 Å². The molecule has 1 N–H and O–H groups in total. The van der Waals surface area contributed by atoms with Crippen molar-refractivity contribution in [2.75, 3.05) is 20.2 Å². The minimum atomic E-state index is -5.41. The highest BCUT2D eigenvalue weighted by molar-refractivity contribution is 7.92. The Bertz CT molecular complexity index is 611. The summed E-state index contributed by atoms with van der Waals surface area (Å²) in [6.07, 6.45) is 1.11. The maximum atomic E-state index is 12.7. The Kier molecular flexibility index (Phi) is 3.97. The van der Waals surface area contributed by atoms with Crippen molar-refractivity contribution in [3.8, 4) is 5.75 Å². The van der Waals surface area contributed by atoms with Crippen LogP contribution in [0, 0.1) is 0 Å². The highest BCUT2D eigenvalue weighted by atomic mass is 32.2. The van der Waals surface area contributed by atoms with Crippen molar-refractivity contribution in [1.82, 2.24) is 5.32 Å². The molecular formula is C12H14F3NO3S. The van der Waals surface area contributed by atoms with Crippen molar-refractivity contribution >= 4 is 9.84 Å². The Balaban J connectivity index is 2.62. The van der Waals surface area contributed by atoms with E-state index in [1.807, 2.05) is 0 Å². The lowest BCUT2D eigenvalue weighted by Gasteiger charge is -2.15. The van der Waals surface area contributed by atoms with Gasteiger partial charge in [-0.05, 0) is 49.2 Å². The van der Waals surface area contributed by atoms with Gasteiger partial charge < -0.3 is 10.1 Å². The first kappa shape index (κ1) is 15.1. The number of nitrogens with one attached hydrogen (secondary N) is 1. The van der Waals surface area contributed by atoms with Gasteiger partial charge in [-0.1, -0.05) is 0 Å². The number of alkyl halides is 3. The number of benzene rings is 1. The van der Waals surface area contributed by atoms with E-state index in [-0.39, 0.29) is 5.75 Å². The summed E-state index contributed by atoms with van der Waals surface area (Å²) in [7, 11) is -4.25. The molecule has 0 fully saturated rings. The summed E-state index contributed by atoms with van der Waals surface area (Å²) in [5, 5.41) is 3.11. The maximum Gasteiger partial charge on any atom is 0.502 e. The topological polar surface area (TPSA) is 55.4 Å². The zero-order valence-corrected chi connectivity index (χ0v) is 11.6. The first-order chi connectivity index (χ1) is 9.27. The van der Waals surface area contributed by atoms with Gasteiger partial charge in [-0.15, -0.1) is 0 Å². The van der Waals surface area contributed by atoms with Gasteiger partial charge >= 0.3 is 5.51 Å². The number of ether oxygens (including phenoxy) is 1. The Labute approximate surface area is 114 Å². The number of hydrogen-bond donors (Lipinski definition) is 1. The van der Waals surface area contributed by atoms with Crippen LogP contribution in [0.4, 0.5) is 13.2 Å². The van der Waals surface area contributed by atoms with Crippen molar-refractivity contribution in [2.24, 2.45) is 0 Å². The van der Waals surface area contributed by atoms with Crippen molar-refractivity contribution in [3.63, 3.8) is 0 Å². The van der Waals surface area contributed by atoms with Gasteiger partial charge in [0.1, 0.15) is 10.6 Å². The zero-order chi connectivity index (χ0) is 15.0. The van der Waals surface area contributed by atoms with E-state index in [9.17, 15) is 21.6 Å². The van der Waals surface area contributed by atoms with E-state index in [0.29, 0.717) is 31.5 Å². The van der Waals surface area contributed by atoms with E-state index in [4.69, 9.17) is 4.74 Å². The summed E-state index contributed by atoms with van der Waals surface area (Å²) in [4.78, 5) is -0.812. The van der Waals surface area contributed by atoms with Gasteiger partial charge in [-0.25, -0.2) is 8.42 Å². The molecule has 0 spiro atoms. The van der Waals surface area contributed by atoms with Crippen LogP contribution in [-0.4, -0.2) is 34.1 Å². The summed E-state index contributed by atoms with van der Waals surface area (Å²) in [6, 6.07) is 2.48. The molecule has 0 amide bonds. The lowest BCUT2D eigenvalue weighted by Crippen LogP contribution is -2.24. The molecule has 20 heavy (non-hydrogen) atoms. The molecule has 8 heteroatoms. The summed E-state index contributed by atoms with van der Waals surface area (Å²) in [5.41, 5.74) is -3.91. The number of rotatable bonds is 2. The van der Waals surface area contributed by atoms with Crippen LogP contribution in [0.2, 0.25) is 0 Å². The molecule has 1 aliphatic heterocycles. The van der Waals surface area contributed by atoms with Crippen molar-refractivity contribution in [3.05, 3.63) is 23.3 Å². The summed E-state index contributed by atoms with van der Waals surface area (Å²) < 4.78 is 66.1. The predicted octanol–water partition coefficient (Wildman–Crippen LogP) is 1.68. The van der Waals surface area contributed by atoms with Gasteiger partial charge in [-0.2, -0.15) is 13.2 Å². The third-order valence-electron chi connectivity index (χ3n) is 3.22. The van der Waals surface area contributed by atoms with E-state index in [1.165, 1.54) is 6.07 Å². The van der Waals surface area contributed by atoms with E-state index in [0.717, 1.165) is 18.7 Å². The first-order valence-electron chi connectivity index (χ1n) is 5.99. The Hall–Kier alpha value is -1.28. The molecule has 1 aromatic rings. The van der Waals surface area contributed by atoms with Crippen LogP contribution in [0.1, 0.15) is 11.1 Å². The molecule has 0 saturated carbocycles. The fourth-order valence-electron chi connectivity index (χ4n) is 2.17. The third-order valence-corrected chi connectivity index (χ3v) is 4.73. The predicted molar refractivity (Wildman–Crippen MR) is 66.5 cm³/mol. The van der Waals surface area contributed by atoms with Gasteiger partial charge in [-0.3, -0.25) is 0 Å². The molecule has 0 bridgehead atoms. The monoisotopic (exact) mass is 309 g/mol. The number of fused-ring (bicyclic) bond motifs is 1. The van der Waals surface area contributed by atoms with Crippen molar-refractivity contribution in [1.29, 1.82) is 0 Å². The molecule has 0 aromatic heterocycles. The van der Waals surface area contributed by atoms with Gasteiger partial charge in [0.25, 0.3) is 9.84 Å². The fraction of sp³-hybridized carbons (Fsp3) is 0.500. The Morgan fingerprint density at radius 3 is 2.20 bits per heavy atom. The van der Waals surface area contributed by atoms with Crippen LogP contribution in [0.3, 0.4) is 0 Å². The molecule has 1 aliphatic rings. The summed E-state index contributed by atoms with van der Waals surface area (Å²) >= 11 is 0. The molecule has 4 nitrogen and oxygen atoms in total. The third kappa shape index (κ3) is 2.62. The van der Waals surface area contributed by atoms with E-state index in [2.05, 4.69) is 5.32 Å². The second kappa shape index (κ2) is 5.25. The van der Waals surface area contributed by atoms with Gasteiger partial charge in [0, 0.05) is 0 Å². The summed E-state index contributed by atoms with van der Waals surface area (Å²) in [6.45, 7) is 1.30.